The highest BCUT2D eigenvalue weighted by Crippen LogP contribution is 2.25. The average molecular weight is 272 g/mol. The number of anilines is 2. The van der Waals surface area contributed by atoms with Crippen molar-refractivity contribution in [1.82, 2.24) is 19.7 Å². The van der Waals surface area contributed by atoms with Gasteiger partial charge in [0.2, 0.25) is 5.95 Å². The van der Waals surface area contributed by atoms with Gasteiger partial charge in [0, 0.05) is 24.5 Å². The Labute approximate surface area is 118 Å². The van der Waals surface area contributed by atoms with E-state index in [2.05, 4.69) is 33.1 Å². The van der Waals surface area contributed by atoms with E-state index < -0.39 is 0 Å². The molecule has 106 valence electrons. The predicted octanol–water partition coefficient (Wildman–Crippen LogP) is 1.54. The maximum absolute atomic E-state index is 5.76. The number of nitrogens with zero attached hydrogens (tertiary/aromatic N) is 5. The van der Waals surface area contributed by atoms with Crippen molar-refractivity contribution >= 4 is 11.8 Å². The minimum atomic E-state index is 0.348. The van der Waals surface area contributed by atoms with Crippen LogP contribution in [-0.4, -0.2) is 32.3 Å². The Hall–Kier alpha value is -2.11. The van der Waals surface area contributed by atoms with Crippen LogP contribution in [0.5, 0.6) is 0 Å². The van der Waals surface area contributed by atoms with Crippen molar-refractivity contribution in [3.8, 4) is 0 Å². The molecule has 1 saturated heterocycles. The van der Waals surface area contributed by atoms with Crippen LogP contribution in [-0.2, 0) is 6.54 Å². The van der Waals surface area contributed by atoms with Gasteiger partial charge in [-0.3, -0.25) is 4.68 Å². The van der Waals surface area contributed by atoms with Gasteiger partial charge in [0.15, 0.2) is 0 Å². The molecule has 0 amide bonds. The van der Waals surface area contributed by atoms with Crippen LogP contribution in [0, 0.1) is 13.8 Å². The predicted molar refractivity (Wildman–Crippen MR) is 78.5 cm³/mol. The van der Waals surface area contributed by atoms with Gasteiger partial charge in [-0.25, -0.2) is 4.98 Å². The number of aromatic nitrogens is 4. The molecule has 0 aromatic carbocycles. The molecule has 0 saturated carbocycles. The lowest BCUT2D eigenvalue weighted by atomic mass is 10.2. The van der Waals surface area contributed by atoms with Gasteiger partial charge in [-0.05, 0) is 32.3 Å². The van der Waals surface area contributed by atoms with E-state index in [9.17, 15) is 0 Å². The summed E-state index contributed by atoms with van der Waals surface area (Å²) >= 11 is 0. The first-order valence-electron chi connectivity index (χ1n) is 6.98. The van der Waals surface area contributed by atoms with Gasteiger partial charge in [0.05, 0.1) is 18.8 Å². The van der Waals surface area contributed by atoms with Gasteiger partial charge < -0.3 is 10.6 Å². The van der Waals surface area contributed by atoms with Crippen LogP contribution in [0.4, 0.5) is 11.8 Å². The third-order valence-corrected chi connectivity index (χ3v) is 3.69. The third-order valence-electron chi connectivity index (χ3n) is 3.69. The number of hydrogen-bond acceptors (Lipinski definition) is 5. The van der Waals surface area contributed by atoms with Gasteiger partial charge in [0.25, 0.3) is 0 Å². The van der Waals surface area contributed by atoms with E-state index in [1.165, 1.54) is 12.0 Å². The van der Waals surface area contributed by atoms with Crippen LogP contribution in [0.2, 0.25) is 0 Å². The topological polar surface area (TPSA) is 72.9 Å². The van der Waals surface area contributed by atoms with Gasteiger partial charge in [-0.2, -0.15) is 10.1 Å². The zero-order valence-electron chi connectivity index (χ0n) is 12.0. The minimum absolute atomic E-state index is 0.348. The van der Waals surface area contributed by atoms with Crippen LogP contribution >= 0.6 is 0 Å². The highest BCUT2D eigenvalue weighted by atomic mass is 15.3. The average Bonchev–Trinajstić information content (AvgIpc) is 2.98. The molecule has 0 spiro atoms. The van der Waals surface area contributed by atoms with Crippen molar-refractivity contribution in [1.29, 1.82) is 0 Å². The molecule has 3 rings (SSSR count). The molecular formula is C14H20N6. The van der Waals surface area contributed by atoms with Crippen LogP contribution in [0.25, 0.3) is 0 Å². The standard InChI is InChI=1S/C14H20N6/c1-10-7-16-19(8-10)9-12-4-3-5-20(12)13-6-11(2)17-14(15)18-13/h6-8,12H,3-5,9H2,1-2H3,(H2,15,17,18). The monoisotopic (exact) mass is 272 g/mol. The quantitative estimate of drug-likeness (QED) is 0.917. The maximum atomic E-state index is 5.76. The Kier molecular flexibility index (Phi) is 3.30. The first kappa shape index (κ1) is 12.9. The summed E-state index contributed by atoms with van der Waals surface area (Å²) < 4.78 is 2.01. The van der Waals surface area contributed by atoms with E-state index in [-0.39, 0.29) is 0 Å². The Morgan fingerprint density at radius 2 is 2.20 bits per heavy atom. The molecule has 6 heteroatoms. The number of rotatable bonds is 3. The van der Waals surface area contributed by atoms with E-state index in [4.69, 9.17) is 5.73 Å². The summed E-state index contributed by atoms with van der Waals surface area (Å²) in [5.41, 5.74) is 7.86. The van der Waals surface area contributed by atoms with E-state index in [0.717, 1.165) is 31.0 Å². The molecular weight excluding hydrogens is 252 g/mol. The molecule has 0 radical (unpaired) electrons. The number of hydrogen-bond donors (Lipinski definition) is 1. The van der Waals surface area contributed by atoms with Gasteiger partial charge in [-0.1, -0.05) is 0 Å². The van der Waals surface area contributed by atoms with Crippen LogP contribution in [0.15, 0.2) is 18.5 Å². The molecule has 0 aliphatic carbocycles. The van der Waals surface area contributed by atoms with E-state index in [1.54, 1.807) is 0 Å². The van der Waals surface area contributed by atoms with Crippen molar-refractivity contribution < 1.29 is 0 Å². The maximum Gasteiger partial charge on any atom is 0.222 e. The second-order valence-electron chi connectivity index (χ2n) is 5.45. The highest BCUT2D eigenvalue weighted by molar-refractivity contribution is 5.45. The Bertz CT molecular complexity index is 585. The molecule has 0 bridgehead atoms. The SMILES string of the molecule is Cc1cnn(CC2CCCN2c2cc(C)nc(N)n2)c1. The second-order valence-corrected chi connectivity index (χ2v) is 5.45. The molecule has 1 aliphatic heterocycles. The molecule has 20 heavy (non-hydrogen) atoms. The summed E-state index contributed by atoms with van der Waals surface area (Å²) in [5, 5.41) is 4.38. The largest absolute Gasteiger partial charge is 0.368 e. The molecule has 1 fully saturated rings. The Morgan fingerprint density at radius 3 is 2.90 bits per heavy atom. The number of nitrogens with two attached hydrogens (primary N) is 1. The molecule has 1 atom stereocenters. The van der Waals surface area contributed by atoms with Gasteiger partial charge in [0.1, 0.15) is 5.82 Å². The lowest BCUT2D eigenvalue weighted by Gasteiger charge is -2.26. The molecule has 2 N–H and O–H groups in total. The van der Waals surface area contributed by atoms with E-state index >= 15 is 0 Å². The first-order chi connectivity index (χ1) is 9.61. The van der Waals surface area contributed by atoms with Crippen LogP contribution in [0.1, 0.15) is 24.1 Å². The first-order valence-corrected chi connectivity index (χ1v) is 6.98. The summed E-state index contributed by atoms with van der Waals surface area (Å²) in [5.74, 6) is 1.28. The Balaban J connectivity index is 1.81. The summed E-state index contributed by atoms with van der Waals surface area (Å²) in [6.45, 7) is 5.91. The lowest BCUT2D eigenvalue weighted by molar-refractivity contribution is 0.507. The van der Waals surface area contributed by atoms with Crippen molar-refractivity contribution in [3.05, 3.63) is 29.7 Å². The van der Waals surface area contributed by atoms with Crippen molar-refractivity contribution in [2.45, 2.75) is 39.3 Å². The molecule has 1 aliphatic rings. The molecule has 1 unspecified atom stereocenters. The van der Waals surface area contributed by atoms with Gasteiger partial charge in [-0.15, -0.1) is 0 Å². The zero-order chi connectivity index (χ0) is 14.1. The van der Waals surface area contributed by atoms with Crippen LogP contribution < -0.4 is 10.6 Å². The number of nitrogen functional groups attached to an aromatic ring is 1. The number of aryl methyl sites for hydroxylation is 2. The van der Waals surface area contributed by atoms with Crippen LogP contribution in [0.3, 0.4) is 0 Å². The summed E-state index contributed by atoms with van der Waals surface area (Å²) in [7, 11) is 0. The fourth-order valence-corrected chi connectivity index (χ4v) is 2.83. The summed E-state index contributed by atoms with van der Waals surface area (Å²) in [4.78, 5) is 10.8. The fraction of sp³-hybridized carbons (Fsp3) is 0.500. The molecule has 6 nitrogen and oxygen atoms in total. The highest BCUT2D eigenvalue weighted by Gasteiger charge is 2.26. The fourth-order valence-electron chi connectivity index (χ4n) is 2.83. The van der Waals surface area contributed by atoms with Gasteiger partial charge >= 0.3 is 0 Å². The summed E-state index contributed by atoms with van der Waals surface area (Å²) in [6, 6.07) is 2.42. The van der Waals surface area contributed by atoms with Crippen molar-refractivity contribution in [2.24, 2.45) is 0 Å². The summed E-state index contributed by atoms with van der Waals surface area (Å²) in [6.07, 6.45) is 6.30. The molecule has 3 heterocycles. The Morgan fingerprint density at radius 1 is 1.35 bits per heavy atom. The van der Waals surface area contributed by atoms with E-state index in [0.29, 0.717) is 12.0 Å². The third kappa shape index (κ3) is 2.59. The molecule has 2 aromatic heterocycles. The normalized spacial score (nSPS) is 18.7. The zero-order valence-corrected chi connectivity index (χ0v) is 12.0. The smallest absolute Gasteiger partial charge is 0.222 e. The van der Waals surface area contributed by atoms with Crippen molar-refractivity contribution in [3.63, 3.8) is 0 Å². The van der Waals surface area contributed by atoms with Crippen molar-refractivity contribution in [2.75, 3.05) is 17.2 Å². The minimum Gasteiger partial charge on any atom is -0.368 e. The lowest BCUT2D eigenvalue weighted by Crippen LogP contribution is -2.34. The second kappa shape index (κ2) is 5.11. The molecule has 2 aromatic rings. The van der Waals surface area contributed by atoms with E-state index in [1.807, 2.05) is 23.9 Å².